The molecule has 2 rings (SSSR count). The number of aromatic nitrogens is 2. The SMILES string of the molecule is COCOn1ncc2ccccc21. The largest absolute Gasteiger partial charge is 0.367 e. The van der Waals surface area contributed by atoms with Crippen molar-refractivity contribution in [2.45, 2.75) is 0 Å². The number of hydrogen-bond donors (Lipinski definition) is 0. The van der Waals surface area contributed by atoms with Gasteiger partial charge in [-0.2, -0.15) is 0 Å². The highest BCUT2D eigenvalue weighted by Crippen LogP contribution is 2.10. The van der Waals surface area contributed by atoms with Crippen LogP contribution in [0.1, 0.15) is 0 Å². The van der Waals surface area contributed by atoms with E-state index in [4.69, 9.17) is 9.57 Å². The van der Waals surface area contributed by atoms with E-state index in [2.05, 4.69) is 5.10 Å². The summed E-state index contributed by atoms with van der Waals surface area (Å²) in [5.41, 5.74) is 0.944. The summed E-state index contributed by atoms with van der Waals surface area (Å²) in [4.78, 5) is 6.65. The Labute approximate surface area is 75.6 Å². The van der Waals surface area contributed by atoms with Gasteiger partial charge in [-0.15, -0.1) is 5.10 Å². The average molecular weight is 178 g/mol. The van der Waals surface area contributed by atoms with Crippen molar-refractivity contribution in [2.75, 3.05) is 13.9 Å². The van der Waals surface area contributed by atoms with Gasteiger partial charge in [-0.05, 0) is 6.07 Å². The van der Waals surface area contributed by atoms with Crippen molar-refractivity contribution >= 4 is 10.9 Å². The maximum atomic E-state index is 5.19. The summed E-state index contributed by atoms with van der Waals surface area (Å²) in [6.07, 6.45) is 1.75. The molecular weight excluding hydrogens is 168 g/mol. The van der Waals surface area contributed by atoms with Gasteiger partial charge in [0.2, 0.25) is 6.79 Å². The van der Waals surface area contributed by atoms with E-state index in [9.17, 15) is 0 Å². The zero-order valence-corrected chi connectivity index (χ0v) is 7.30. The maximum Gasteiger partial charge on any atom is 0.216 e. The molecule has 0 spiro atoms. The van der Waals surface area contributed by atoms with Crippen LogP contribution in [0.3, 0.4) is 0 Å². The molecule has 68 valence electrons. The standard InChI is InChI=1S/C9H10N2O2/c1-12-7-13-11-9-5-3-2-4-8(9)6-10-11/h2-6H,7H2,1H3. The Morgan fingerprint density at radius 1 is 1.38 bits per heavy atom. The van der Waals surface area contributed by atoms with E-state index in [0.29, 0.717) is 0 Å². The minimum atomic E-state index is 0.200. The van der Waals surface area contributed by atoms with Crippen molar-refractivity contribution in [1.82, 2.24) is 9.94 Å². The van der Waals surface area contributed by atoms with E-state index in [-0.39, 0.29) is 6.79 Å². The zero-order valence-electron chi connectivity index (χ0n) is 7.30. The molecule has 0 amide bonds. The van der Waals surface area contributed by atoms with Crippen LogP contribution in [-0.2, 0) is 4.74 Å². The van der Waals surface area contributed by atoms with Gasteiger partial charge < -0.3 is 9.57 Å². The van der Waals surface area contributed by atoms with Crippen LogP contribution in [0, 0.1) is 0 Å². The summed E-state index contributed by atoms with van der Waals surface area (Å²) >= 11 is 0. The molecule has 1 aromatic carbocycles. The monoisotopic (exact) mass is 178 g/mol. The first-order valence-electron chi connectivity index (χ1n) is 3.97. The molecule has 0 saturated heterocycles. The molecule has 1 heterocycles. The Hall–Kier alpha value is -1.55. The molecule has 4 nitrogen and oxygen atoms in total. The number of fused-ring (bicyclic) bond motifs is 1. The number of methoxy groups -OCH3 is 1. The van der Waals surface area contributed by atoms with E-state index in [1.54, 1.807) is 13.3 Å². The fraction of sp³-hybridized carbons (Fsp3) is 0.222. The fourth-order valence-corrected chi connectivity index (χ4v) is 1.15. The van der Waals surface area contributed by atoms with Crippen LogP contribution in [-0.4, -0.2) is 23.8 Å². The summed E-state index contributed by atoms with van der Waals surface area (Å²) < 4.78 is 4.78. The van der Waals surface area contributed by atoms with Gasteiger partial charge in [0.1, 0.15) is 5.52 Å². The Balaban J connectivity index is 2.35. The van der Waals surface area contributed by atoms with Crippen LogP contribution in [0.25, 0.3) is 10.9 Å². The van der Waals surface area contributed by atoms with Crippen LogP contribution >= 0.6 is 0 Å². The third-order valence-corrected chi connectivity index (χ3v) is 1.74. The van der Waals surface area contributed by atoms with Crippen LogP contribution in [0.2, 0.25) is 0 Å². The van der Waals surface area contributed by atoms with E-state index in [1.807, 2.05) is 24.3 Å². The van der Waals surface area contributed by atoms with Crippen LogP contribution in [0.15, 0.2) is 30.5 Å². The van der Waals surface area contributed by atoms with Gasteiger partial charge in [-0.25, -0.2) is 0 Å². The highest BCUT2D eigenvalue weighted by molar-refractivity contribution is 5.77. The molecule has 0 N–H and O–H groups in total. The molecule has 0 unspecified atom stereocenters. The number of rotatable bonds is 3. The second-order valence-corrected chi connectivity index (χ2v) is 2.61. The molecule has 13 heavy (non-hydrogen) atoms. The molecule has 0 bridgehead atoms. The van der Waals surface area contributed by atoms with E-state index in [1.165, 1.54) is 4.85 Å². The van der Waals surface area contributed by atoms with Gasteiger partial charge in [0.25, 0.3) is 0 Å². The number of hydrogen-bond acceptors (Lipinski definition) is 3. The highest BCUT2D eigenvalue weighted by atomic mass is 16.8. The third kappa shape index (κ3) is 1.48. The lowest BCUT2D eigenvalue weighted by Gasteiger charge is -2.03. The minimum absolute atomic E-state index is 0.200. The Morgan fingerprint density at radius 3 is 3.08 bits per heavy atom. The summed E-state index contributed by atoms with van der Waals surface area (Å²) in [6, 6.07) is 7.83. The molecule has 0 aliphatic rings. The van der Waals surface area contributed by atoms with Gasteiger partial charge in [0.05, 0.1) is 6.20 Å². The van der Waals surface area contributed by atoms with Gasteiger partial charge in [0.15, 0.2) is 0 Å². The molecule has 0 aliphatic heterocycles. The molecule has 0 radical (unpaired) electrons. The number of ether oxygens (including phenoxy) is 1. The number of nitrogens with zero attached hydrogens (tertiary/aromatic N) is 2. The Morgan fingerprint density at radius 2 is 2.23 bits per heavy atom. The topological polar surface area (TPSA) is 36.3 Å². The Kier molecular flexibility index (Phi) is 2.14. The van der Waals surface area contributed by atoms with E-state index in [0.717, 1.165) is 10.9 Å². The smallest absolute Gasteiger partial charge is 0.216 e. The van der Waals surface area contributed by atoms with Crippen molar-refractivity contribution in [3.05, 3.63) is 30.5 Å². The van der Waals surface area contributed by atoms with E-state index >= 15 is 0 Å². The molecule has 0 aliphatic carbocycles. The molecule has 0 fully saturated rings. The van der Waals surface area contributed by atoms with Crippen molar-refractivity contribution in [3.63, 3.8) is 0 Å². The lowest BCUT2D eigenvalue weighted by atomic mass is 10.3. The predicted molar refractivity (Wildman–Crippen MR) is 48.2 cm³/mol. The first-order chi connectivity index (χ1) is 6.42. The molecule has 1 aromatic heterocycles. The van der Waals surface area contributed by atoms with Gasteiger partial charge >= 0.3 is 0 Å². The van der Waals surface area contributed by atoms with Crippen molar-refractivity contribution in [1.29, 1.82) is 0 Å². The second-order valence-electron chi connectivity index (χ2n) is 2.61. The molecular formula is C9H10N2O2. The van der Waals surface area contributed by atoms with E-state index < -0.39 is 0 Å². The second kappa shape index (κ2) is 3.45. The van der Waals surface area contributed by atoms with Crippen LogP contribution in [0.4, 0.5) is 0 Å². The first kappa shape index (κ1) is 8.07. The summed E-state index contributed by atoms with van der Waals surface area (Å²) in [7, 11) is 1.58. The first-order valence-corrected chi connectivity index (χ1v) is 3.97. The summed E-state index contributed by atoms with van der Waals surface area (Å²) in [5.74, 6) is 0. The Bertz CT molecular complexity index is 397. The minimum Gasteiger partial charge on any atom is -0.367 e. The van der Waals surface area contributed by atoms with Crippen LogP contribution in [0.5, 0.6) is 0 Å². The molecule has 2 aromatic rings. The molecule has 0 atom stereocenters. The quantitative estimate of drug-likeness (QED) is 0.659. The fourth-order valence-electron chi connectivity index (χ4n) is 1.15. The number of benzene rings is 1. The van der Waals surface area contributed by atoms with Gasteiger partial charge in [-0.1, -0.05) is 23.0 Å². The lowest BCUT2D eigenvalue weighted by Crippen LogP contribution is -2.14. The van der Waals surface area contributed by atoms with Gasteiger partial charge in [-0.3, -0.25) is 0 Å². The lowest BCUT2D eigenvalue weighted by molar-refractivity contribution is -0.0464. The third-order valence-electron chi connectivity index (χ3n) is 1.74. The molecule has 4 heteroatoms. The highest BCUT2D eigenvalue weighted by Gasteiger charge is 2.00. The average Bonchev–Trinajstić information content (AvgIpc) is 2.58. The van der Waals surface area contributed by atoms with Crippen molar-refractivity contribution < 1.29 is 9.57 Å². The van der Waals surface area contributed by atoms with Gasteiger partial charge in [0, 0.05) is 12.5 Å². The van der Waals surface area contributed by atoms with Crippen molar-refractivity contribution in [2.24, 2.45) is 0 Å². The number of para-hydroxylation sites is 1. The predicted octanol–water partition coefficient (Wildman–Crippen LogP) is 1.07. The molecule has 0 saturated carbocycles. The summed E-state index contributed by atoms with van der Waals surface area (Å²) in [6.45, 7) is 0.200. The zero-order chi connectivity index (χ0) is 9.10. The summed E-state index contributed by atoms with van der Waals surface area (Å²) in [5, 5.41) is 5.10. The maximum absolute atomic E-state index is 5.19. The normalized spacial score (nSPS) is 10.5. The van der Waals surface area contributed by atoms with Crippen molar-refractivity contribution in [3.8, 4) is 0 Å². The van der Waals surface area contributed by atoms with Crippen LogP contribution < -0.4 is 4.84 Å².